The van der Waals surface area contributed by atoms with E-state index in [0.29, 0.717) is 33.9 Å². The van der Waals surface area contributed by atoms with Gasteiger partial charge in [-0.05, 0) is 60.5 Å². The predicted octanol–water partition coefficient (Wildman–Crippen LogP) is 5.27. The molecule has 1 aliphatic rings. The highest BCUT2D eigenvalue weighted by molar-refractivity contribution is 6.39. The Kier molecular flexibility index (Phi) is 6.93. The third-order valence-electron chi connectivity index (χ3n) is 5.25. The zero-order valence-corrected chi connectivity index (χ0v) is 19.2. The fourth-order valence-electron chi connectivity index (χ4n) is 3.70. The third kappa shape index (κ3) is 5.07. The quantitative estimate of drug-likeness (QED) is 0.372. The number of imide groups is 2. The second-order valence-corrected chi connectivity index (χ2v) is 8.04. The monoisotopic (exact) mass is 496 g/mol. The number of hydrogen-bond donors (Lipinski definition) is 1. The molecule has 0 atom stereocenters. The second-order valence-electron chi connectivity index (χ2n) is 7.63. The summed E-state index contributed by atoms with van der Waals surface area (Å²) in [4.78, 5) is 38.4. The molecule has 9 heteroatoms. The molecule has 0 unspecified atom stereocenters. The van der Waals surface area contributed by atoms with Gasteiger partial charge in [0.25, 0.3) is 11.8 Å². The van der Waals surface area contributed by atoms with Crippen molar-refractivity contribution in [1.82, 2.24) is 5.32 Å². The van der Waals surface area contributed by atoms with Crippen LogP contribution < -0.4 is 15.0 Å². The molecule has 0 bridgehead atoms. The molecule has 3 aromatic carbocycles. The number of rotatable bonds is 6. The summed E-state index contributed by atoms with van der Waals surface area (Å²) in [5.41, 5.74) is 0.961. The Balaban J connectivity index is 1.73. The maximum Gasteiger partial charge on any atom is 0.336 e. The highest BCUT2D eigenvalue weighted by Gasteiger charge is 2.38. The lowest BCUT2D eigenvalue weighted by atomic mass is 10.00. The number of hydrogen-bond acceptors (Lipinski definition) is 4. The van der Waals surface area contributed by atoms with Crippen molar-refractivity contribution in [3.63, 3.8) is 0 Å². The van der Waals surface area contributed by atoms with Gasteiger partial charge in [-0.1, -0.05) is 35.9 Å². The van der Waals surface area contributed by atoms with Crippen molar-refractivity contribution >= 4 is 41.2 Å². The van der Waals surface area contributed by atoms with Gasteiger partial charge in [-0.2, -0.15) is 0 Å². The molecule has 1 aliphatic heterocycles. The Hall–Kier alpha value is -4.04. The molecule has 0 saturated carbocycles. The lowest BCUT2D eigenvalue weighted by molar-refractivity contribution is -0.122. The minimum Gasteiger partial charge on any atom is -0.494 e. The minimum absolute atomic E-state index is 0.276. The molecular formula is C26H19ClF2N2O4. The van der Waals surface area contributed by atoms with E-state index in [4.69, 9.17) is 16.3 Å². The van der Waals surface area contributed by atoms with Gasteiger partial charge < -0.3 is 4.74 Å². The van der Waals surface area contributed by atoms with Crippen molar-refractivity contribution < 1.29 is 27.9 Å². The minimum atomic E-state index is -1.05. The highest BCUT2D eigenvalue weighted by Crippen LogP contribution is 2.33. The van der Waals surface area contributed by atoms with Crippen LogP contribution in [0.2, 0.25) is 5.02 Å². The van der Waals surface area contributed by atoms with Gasteiger partial charge in [-0.3, -0.25) is 14.9 Å². The number of carbonyl (C=O) groups excluding carboxylic acids is 3. The van der Waals surface area contributed by atoms with Crippen molar-refractivity contribution in [1.29, 1.82) is 0 Å². The zero-order chi connectivity index (χ0) is 25.1. The summed E-state index contributed by atoms with van der Waals surface area (Å²) in [6.45, 7) is 2.09. The first-order chi connectivity index (χ1) is 16.8. The van der Waals surface area contributed by atoms with E-state index >= 15 is 0 Å². The van der Waals surface area contributed by atoms with Crippen LogP contribution in [0, 0.1) is 11.6 Å². The van der Waals surface area contributed by atoms with Gasteiger partial charge in [0.05, 0.1) is 12.3 Å². The van der Waals surface area contributed by atoms with Crippen molar-refractivity contribution in [3.05, 3.63) is 99.6 Å². The Bertz CT molecular complexity index is 1370. The molecule has 4 rings (SSSR count). The van der Waals surface area contributed by atoms with Crippen LogP contribution >= 0.6 is 11.6 Å². The van der Waals surface area contributed by atoms with E-state index in [0.717, 1.165) is 6.07 Å². The Labute approximate surface area is 204 Å². The number of nitrogens with one attached hydrogen (secondary N) is 1. The first kappa shape index (κ1) is 24.1. The summed E-state index contributed by atoms with van der Waals surface area (Å²) >= 11 is 6.52. The summed E-state index contributed by atoms with van der Waals surface area (Å²) in [6, 6.07) is 13.4. The molecule has 1 heterocycles. The number of anilines is 1. The first-order valence-corrected chi connectivity index (χ1v) is 11.0. The molecule has 0 radical (unpaired) electrons. The van der Waals surface area contributed by atoms with Crippen LogP contribution in [0.3, 0.4) is 0 Å². The summed E-state index contributed by atoms with van der Waals surface area (Å²) < 4.78 is 33.6. The van der Waals surface area contributed by atoms with Gasteiger partial charge in [0.1, 0.15) is 23.0 Å². The summed E-state index contributed by atoms with van der Waals surface area (Å²) in [6.07, 6.45) is 1.54. The van der Waals surface area contributed by atoms with Gasteiger partial charge in [-0.15, -0.1) is 0 Å². The van der Waals surface area contributed by atoms with Gasteiger partial charge in [-0.25, -0.2) is 18.5 Å². The van der Waals surface area contributed by atoms with Crippen molar-refractivity contribution in [2.75, 3.05) is 11.5 Å². The van der Waals surface area contributed by atoms with E-state index in [1.54, 1.807) is 25.1 Å². The molecule has 0 aliphatic carbocycles. The van der Waals surface area contributed by atoms with E-state index < -0.39 is 23.7 Å². The Morgan fingerprint density at radius 1 is 1.03 bits per heavy atom. The zero-order valence-electron chi connectivity index (χ0n) is 18.5. The van der Waals surface area contributed by atoms with Crippen LogP contribution in [0.5, 0.6) is 5.75 Å². The Morgan fingerprint density at radius 3 is 2.51 bits per heavy atom. The molecule has 6 nitrogen and oxygen atoms in total. The van der Waals surface area contributed by atoms with Crippen LogP contribution in [0.25, 0.3) is 6.08 Å². The van der Waals surface area contributed by atoms with Crippen LogP contribution in [0.15, 0.2) is 66.2 Å². The maximum absolute atomic E-state index is 14.3. The molecule has 3 aromatic rings. The van der Waals surface area contributed by atoms with Crippen LogP contribution in [0.1, 0.15) is 23.6 Å². The third-order valence-corrected chi connectivity index (χ3v) is 5.59. The Morgan fingerprint density at radius 2 is 1.80 bits per heavy atom. The average Bonchev–Trinajstić information content (AvgIpc) is 2.80. The molecular weight excluding hydrogens is 478 g/mol. The van der Waals surface area contributed by atoms with Crippen LogP contribution in [-0.2, 0) is 16.0 Å². The van der Waals surface area contributed by atoms with Gasteiger partial charge >= 0.3 is 6.03 Å². The number of ether oxygens (including phenoxy) is 1. The van der Waals surface area contributed by atoms with E-state index in [-0.39, 0.29) is 28.5 Å². The maximum atomic E-state index is 14.3. The molecule has 1 saturated heterocycles. The van der Waals surface area contributed by atoms with Gasteiger partial charge in [0, 0.05) is 17.0 Å². The van der Waals surface area contributed by atoms with Crippen molar-refractivity contribution in [3.8, 4) is 5.75 Å². The number of nitrogens with zero attached hydrogens (tertiary/aromatic N) is 1. The number of halogens is 3. The smallest absolute Gasteiger partial charge is 0.336 e. The SMILES string of the molecule is CCOc1cc(/C=C2/C(=O)NC(=O)N(c3ccccc3F)C2=O)cc(Cl)c1Cc1cccc(F)c1. The number of barbiturate groups is 1. The molecule has 0 aromatic heterocycles. The first-order valence-electron chi connectivity index (χ1n) is 10.6. The normalized spacial score (nSPS) is 14.9. The summed E-state index contributed by atoms with van der Waals surface area (Å²) in [5, 5.41) is 2.33. The number of benzene rings is 3. The molecule has 1 N–H and O–H groups in total. The summed E-state index contributed by atoms with van der Waals surface area (Å²) in [7, 11) is 0. The number of urea groups is 1. The van der Waals surface area contributed by atoms with Crippen LogP contribution in [-0.4, -0.2) is 24.5 Å². The fourth-order valence-corrected chi connectivity index (χ4v) is 3.98. The second kappa shape index (κ2) is 10.1. The molecule has 178 valence electrons. The van der Waals surface area contributed by atoms with Crippen LogP contribution in [0.4, 0.5) is 19.3 Å². The largest absolute Gasteiger partial charge is 0.494 e. The van der Waals surface area contributed by atoms with E-state index in [2.05, 4.69) is 5.32 Å². The molecule has 0 spiro atoms. The lowest BCUT2D eigenvalue weighted by Crippen LogP contribution is -2.54. The predicted molar refractivity (Wildman–Crippen MR) is 127 cm³/mol. The fraction of sp³-hybridized carbons (Fsp3) is 0.115. The van der Waals surface area contributed by atoms with Crippen molar-refractivity contribution in [2.24, 2.45) is 0 Å². The molecule has 35 heavy (non-hydrogen) atoms. The summed E-state index contributed by atoms with van der Waals surface area (Å²) in [5.74, 6) is -2.70. The van der Waals surface area contributed by atoms with Gasteiger partial charge in [0.2, 0.25) is 0 Å². The van der Waals surface area contributed by atoms with Crippen molar-refractivity contribution in [2.45, 2.75) is 13.3 Å². The lowest BCUT2D eigenvalue weighted by Gasteiger charge is -2.26. The standard InChI is InChI=1S/C26H19ClF2N2O4/c1-2-35-23-14-16(13-20(27)18(23)11-15-6-5-7-17(28)10-15)12-19-24(32)30-26(34)31(25(19)33)22-9-4-3-8-21(22)29/h3-10,12-14H,2,11H2,1H3,(H,30,32,34)/b19-12-. The highest BCUT2D eigenvalue weighted by atomic mass is 35.5. The number of para-hydroxylation sites is 1. The topological polar surface area (TPSA) is 75.7 Å². The number of amides is 4. The number of carbonyl (C=O) groups is 3. The average molecular weight is 497 g/mol. The molecule has 4 amide bonds. The van der Waals surface area contributed by atoms with E-state index in [1.165, 1.54) is 42.5 Å². The van der Waals surface area contributed by atoms with Gasteiger partial charge in [0.15, 0.2) is 0 Å². The van der Waals surface area contributed by atoms with E-state index in [1.807, 2.05) is 0 Å². The van der Waals surface area contributed by atoms with E-state index in [9.17, 15) is 23.2 Å². The molecule has 1 fully saturated rings.